The van der Waals surface area contributed by atoms with Gasteiger partial charge in [0.1, 0.15) is 5.75 Å². The van der Waals surface area contributed by atoms with Crippen molar-refractivity contribution < 1.29 is 9.90 Å². The van der Waals surface area contributed by atoms with Crippen molar-refractivity contribution in [3.8, 4) is 5.75 Å². The van der Waals surface area contributed by atoms with Crippen molar-refractivity contribution in [3.05, 3.63) is 29.3 Å². The molecule has 19 heavy (non-hydrogen) atoms. The average molecular weight is 261 g/mol. The third-order valence-corrected chi connectivity index (χ3v) is 4.23. The summed E-state index contributed by atoms with van der Waals surface area (Å²) in [5.41, 5.74) is 1.29. The van der Waals surface area contributed by atoms with Gasteiger partial charge in [-0.05, 0) is 31.9 Å². The smallest absolute Gasteiger partial charge is 0.254 e. The van der Waals surface area contributed by atoms with Crippen LogP contribution in [0, 0.1) is 6.92 Å². The second kappa shape index (κ2) is 6.09. The van der Waals surface area contributed by atoms with E-state index < -0.39 is 0 Å². The Kier molecular flexibility index (Phi) is 4.46. The zero-order valence-electron chi connectivity index (χ0n) is 11.9. The molecule has 3 heteroatoms. The van der Waals surface area contributed by atoms with Crippen molar-refractivity contribution in [3.63, 3.8) is 0 Å². The Morgan fingerprint density at radius 2 is 1.84 bits per heavy atom. The Hall–Kier alpha value is -1.51. The molecule has 1 fully saturated rings. The molecule has 1 aromatic carbocycles. The predicted molar refractivity (Wildman–Crippen MR) is 76.4 cm³/mol. The number of carbonyl (C=O) groups is 1. The normalized spacial score (nSPS) is 16.9. The molecule has 0 heterocycles. The van der Waals surface area contributed by atoms with Crippen LogP contribution < -0.4 is 0 Å². The summed E-state index contributed by atoms with van der Waals surface area (Å²) in [4.78, 5) is 14.4. The molecule has 0 spiro atoms. The molecular formula is C16H23NO2. The van der Waals surface area contributed by atoms with Crippen LogP contribution in [-0.4, -0.2) is 29.0 Å². The van der Waals surface area contributed by atoms with Crippen molar-refractivity contribution in [1.82, 2.24) is 4.90 Å². The number of nitrogens with zero attached hydrogens (tertiary/aromatic N) is 1. The number of phenolic OH excluding ortho intramolecular Hbond substituents is 1. The molecule has 0 unspecified atom stereocenters. The van der Waals surface area contributed by atoms with Crippen LogP contribution in [0.2, 0.25) is 0 Å². The first-order chi connectivity index (χ1) is 9.11. The molecule has 2 rings (SSSR count). The van der Waals surface area contributed by atoms with Gasteiger partial charge in [0.25, 0.3) is 5.91 Å². The van der Waals surface area contributed by atoms with Gasteiger partial charge in [-0.1, -0.05) is 31.7 Å². The lowest BCUT2D eigenvalue weighted by Crippen LogP contribution is -2.37. The average Bonchev–Trinajstić information content (AvgIpc) is 2.69. The summed E-state index contributed by atoms with van der Waals surface area (Å²) in [6.07, 6.45) is 7.18. The van der Waals surface area contributed by atoms with Crippen LogP contribution >= 0.6 is 0 Å². The largest absolute Gasteiger partial charge is 0.508 e. The van der Waals surface area contributed by atoms with Gasteiger partial charge in [0.2, 0.25) is 0 Å². The van der Waals surface area contributed by atoms with E-state index in [9.17, 15) is 9.90 Å². The monoisotopic (exact) mass is 261 g/mol. The van der Waals surface area contributed by atoms with Crippen LogP contribution in [0.5, 0.6) is 5.75 Å². The number of benzene rings is 1. The van der Waals surface area contributed by atoms with Gasteiger partial charge in [0.15, 0.2) is 0 Å². The summed E-state index contributed by atoms with van der Waals surface area (Å²) in [6.45, 7) is 1.80. The molecule has 1 saturated carbocycles. The van der Waals surface area contributed by atoms with Crippen LogP contribution in [0.4, 0.5) is 0 Å². The van der Waals surface area contributed by atoms with E-state index in [1.54, 1.807) is 25.1 Å². The molecule has 104 valence electrons. The molecule has 1 aliphatic rings. The fraction of sp³-hybridized carbons (Fsp3) is 0.562. The maximum Gasteiger partial charge on any atom is 0.254 e. The van der Waals surface area contributed by atoms with Gasteiger partial charge in [0, 0.05) is 24.2 Å². The van der Waals surface area contributed by atoms with E-state index in [0.717, 1.165) is 12.8 Å². The Bertz CT molecular complexity index is 448. The Morgan fingerprint density at radius 3 is 2.47 bits per heavy atom. The fourth-order valence-electron chi connectivity index (χ4n) is 2.86. The Labute approximate surface area is 115 Å². The second-order valence-corrected chi connectivity index (χ2v) is 5.51. The topological polar surface area (TPSA) is 40.5 Å². The number of hydrogen-bond donors (Lipinski definition) is 1. The van der Waals surface area contributed by atoms with Gasteiger partial charge in [0.05, 0.1) is 0 Å². The highest BCUT2D eigenvalue weighted by Crippen LogP contribution is 2.25. The van der Waals surface area contributed by atoms with E-state index in [4.69, 9.17) is 0 Å². The van der Waals surface area contributed by atoms with Gasteiger partial charge < -0.3 is 10.0 Å². The SMILES string of the molecule is Cc1c(O)cccc1C(=O)N(C)C1CCCCCC1. The lowest BCUT2D eigenvalue weighted by molar-refractivity contribution is 0.0716. The molecule has 1 aliphatic carbocycles. The number of amides is 1. The van der Waals surface area contributed by atoms with Gasteiger partial charge >= 0.3 is 0 Å². The number of aromatic hydroxyl groups is 1. The molecular weight excluding hydrogens is 238 g/mol. The highest BCUT2D eigenvalue weighted by molar-refractivity contribution is 5.96. The minimum Gasteiger partial charge on any atom is -0.508 e. The van der Waals surface area contributed by atoms with E-state index in [-0.39, 0.29) is 11.7 Å². The molecule has 3 nitrogen and oxygen atoms in total. The van der Waals surface area contributed by atoms with Gasteiger partial charge in [-0.3, -0.25) is 4.79 Å². The Balaban J connectivity index is 2.15. The minimum atomic E-state index is 0.0281. The molecule has 0 atom stereocenters. The molecule has 0 radical (unpaired) electrons. The third-order valence-electron chi connectivity index (χ3n) is 4.23. The van der Waals surface area contributed by atoms with Crippen molar-refractivity contribution in [2.45, 2.75) is 51.5 Å². The lowest BCUT2D eigenvalue weighted by atomic mass is 10.0. The quantitative estimate of drug-likeness (QED) is 0.828. The summed E-state index contributed by atoms with van der Waals surface area (Å²) in [6, 6.07) is 5.50. The number of phenols is 1. The van der Waals surface area contributed by atoms with Gasteiger partial charge in [-0.15, -0.1) is 0 Å². The first kappa shape index (κ1) is 13.9. The van der Waals surface area contributed by atoms with Crippen molar-refractivity contribution >= 4 is 5.91 Å². The van der Waals surface area contributed by atoms with Crippen molar-refractivity contribution in [1.29, 1.82) is 0 Å². The number of rotatable bonds is 2. The summed E-state index contributed by atoms with van der Waals surface area (Å²) in [5.74, 6) is 0.223. The van der Waals surface area contributed by atoms with Crippen LogP contribution in [0.1, 0.15) is 54.4 Å². The molecule has 1 amide bonds. The molecule has 0 bridgehead atoms. The highest BCUT2D eigenvalue weighted by Gasteiger charge is 2.23. The highest BCUT2D eigenvalue weighted by atomic mass is 16.3. The maximum atomic E-state index is 12.5. The Morgan fingerprint density at radius 1 is 1.21 bits per heavy atom. The maximum absolute atomic E-state index is 12.5. The summed E-state index contributed by atoms with van der Waals surface area (Å²) < 4.78 is 0. The number of carbonyl (C=O) groups excluding carboxylic acids is 1. The lowest BCUT2D eigenvalue weighted by Gasteiger charge is -2.28. The van der Waals surface area contributed by atoms with Crippen LogP contribution in [0.15, 0.2) is 18.2 Å². The molecule has 1 N–H and O–H groups in total. The summed E-state index contributed by atoms with van der Waals surface area (Å²) in [5, 5.41) is 9.72. The fourth-order valence-corrected chi connectivity index (χ4v) is 2.86. The van der Waals surface area contributed by atoms with Crippen LogP contribution in [0.25, 0.3) is 0 Å². The van der Waals surface area contributed by atoms with Gasteiger partial charge in [-0.25, -0.2) is 0 Å². The molecule has 0 saturated heterocycles. The van der Waals surface area contributed by atoms with E-state index in [1.807, 2.05) is 11.9 Å². The number of hydrogen-bond acceptors (Lipinski definition) is 2. The molecule has 0 aliphatic heterocycles. The second-order valence-electron chi connectivity index (χ2n) is 5.51. The standard InChI is InChI=1S/C16H23NO2/c1-12-14(10-7-11-15(12)18)16(19)17(2)13-8-5-3-4-6-9-13/h7,10-11,13,18H,3-6,8-9H2,1-2H3. The van der Waals surface area contributed by atoms with Gasteiger partial charge in [-0.2, -0.15) is 0 Å². The van der Waals surface area contributed by atoms with Crippen molar-refractivity contribution in [2.24, 2.45) is 0 Å². The van der Waals surface area contributed by atoms with Crippen LogP contribution in [-0.2, 0) is 0 Å². The van der Waals surface area contributed by atoms with E-state index in [2.05, 4.69) is 0 Å². The van der Waals surface area contributed by atoms with E-state index >= 15 is 0 Å². The summed E-state index contributed by atoms with van der Waals surface area (Å²) in [7, 11) is 1.89. The zero-order chi connectivity index (χ0) is 13.8. The van der Waals surface area contributed by atoms with Crippen molar-refractivity contribution in [2.75, 3.05) is 7.05 Å². The minimum absolute atomic E-state index is 0.0281. The van der Waals surface area contributed by atoms with E-state index in [0.29, 0.717) is 17.2 Å². The first-order valence-electron chi connectivity index (χ1n) is 7.17. The molecule has 1 aromatic rings. The van der Waals surface area contributed by atoms with Crippen LogP contribution in [0.3, 0.4) is 0 Å². The molecule has 0 aromatic heterocycles. The zero-order valence-corrected chi connectivity index (χ0v) is 11.9. The first-order valence-corrected chi connectivity index (χ1v) is 7.17. The predicted octanol–water partition coefficient (Wildman–Crippen LogP) is 3.50. The third kappa shape index (κ3) is 3.09. The van der Waals surface area contributed by atoms with E-state index in [1.165, 1.54) is 25.7 Å². The summed E-state index contributed by atoms with van der Waals surface area (Å²) >= 11 is 0.